The number of likely N-dealkylation sites (tertiary alicyclic amines) is 1. The zero-order chi connectivity index (χ0) is 15.7. The van der Waals surface area contributed by atoms with Gasteiger partial charge in [-0.25, -0.2) is 4.90 Å². The number of nitrogens with zero attached hydrogens (tertiary/aromatic N) is 1. The van der Waals surface area contributed by atoms with Crippen LogP contribution >= 0.6 is 0 Å². The monoisotopic (exact) mass is 303 g/mol. The minimum atomic E-state index is -0.359. The van der Waals surface area contributed by atoms with Crippen LogP contribution in [0.3, 0.4) is 0 Å². The molecule has 0 radical (unpaired) electrons. The highest BCUT2D eigenvalue weighted by Gasteiger charge is 2.46. The lowest BCUT2D eigenvalue weighted by molar-refractivity contribution is -0.916. The summed E-state index contributed by atoms with van der Waals surface area (Å²) < 4.78 is 5.09. The maximum absolute atomic E-state index is 12.6. The van der Waals surface area contributed by atoms with E-state index in [2.05, 4.69) is 0 Å². The zero-order valence-corrected chi connectivity index (χ0v) is 12.5. The van der Waals surface area contributed by atoms with E-state index in [-0.39, 0.29) is 30.1 Å². The lowest BCUT2D eigenvalue weighted by Gasteiger charge is -2.27. The number of carbonyl (C=O) groups is 3. The molecule has 2 amide bonds. The van der Waals surface area contributed by atoms with E-state index in [1.54, 1.807) is 31.4 Å². The largest absolute Gasteiger partial charge is 0.497 e. The minimum absolute atomic E-state index is 0.167. The van der Waals surface area contributed by atoms with Crippen molar-refractivity contribution in [3.05, 3.63) is 24.3 Å². The van der Waals surface area contributed by atoms with Gasteiger partial charge in [0.25, 0.3) is 5.91 Å². The molecule has 1 aromatic rings. The number of methoxy groups -OCH3 is 1. The number of rotatable bonds is 3. The van der Waals surface area contributed by atoms with Gasteiger partial charge >= 0.3 is 0 Å². The maximum Gasteiger partial charge on any atom is 0.292 e. The first-order valence-electron chi connectivity index (χ1n) is 7.47. The van der Waals surface area contributed by atoms with Gasteiger partial charge in [-0.15, -0.1) is 0 Å². The number of ketones is 1. The molecule has 0 saturated carbocycles. The van der Waals surface area contributed by atoms with Gasteiger partial charge in [0.1, 0.15) is 11.5 Å². The smallest absolute Gasteiger partial charge is 0.292 e. The van der Waals surface area contributed by atoms with Crippen molar-refractivity contribution in [2.45, 2.75) is 25.3 Å². The molecule has 0 bridgehead atoms. The van der Waals surface area contributed by atoms with Gasteiger partial charge in [0, 0.05) is 0 Å². The van der Waals surface area contributed by atoms with E-state index in [0.29, 0.717) is 37.4 Å². The third kappa shape index (κ3) is 2.62. The first kappa shape index (κ1) is 14.7. The lowest BCUT2D eigenvalue weighted by Crippen LogP contribution is -3.17. The highest BCUT2D eigenvalue weighted by Crippen LogP contribution is 2.24. The van der Waals surface area contributed by atoms with E-state index in [9.17, 15) is 14.4 Å². The first-order valence-corrected chi connectivity index (χ1v) is 7.47. The van der Waals surface area contributed by atoms with Crippen molar-refractivity contribution in [3.63, 3.8) is 0 Å². The van der Waals surface area contributed by atoms with Crippen LogP contribution in [-0.4, -0.2) is 43.8 Å². The van der Waals surface area contributed by atoms with Crippen LogP contribution in [0.25, 0.3) is 0 Å². The number of benzene rings is 1. The van der Waals surface area contributed by atoms with Crippen molar-refractivity contribution >= 4 is 23.3 Å². The Hall–Kier alpha value is -2.21. The van der Waals surface area contributed by atoms with E-state index in [0.717, 1.165) is 4.90 Å². The number of imide groups is 1. The molecule has 0 unspecified atom stereocenters. The van der Waals surface area contributed by atoms with Crippen molar-refractivity contribution in [1.82, 2.24) is 0 Å². The molecule has 2 heterocycles. The van der Waals surface area contributed by atoms with Crippen LogP contribution in [0.5, 0.6) is 5.75 Å². The average molecular weight is 303 g/mol. The van der Waals surface area contributed by atoms with Gasteiger partial charge in [-0.1, -0.05) is 0 Å². The number of piperidine rings is 1. The number of ether oxygens (including phenoxy) is 1. The molecular formula is C16H19N2O4+. The second kappa shape index (κ2) is 5.88. The molecule has 1 atom stereocenters. The molecule has 116 valence electrons. The second-order valence-corrected chi connectivity index (χ2v) is 5.72. The summed E-state index contributed by atoms with van der Waals surface area (Å²) in [6, 6.07) is 6.53. The highest BCUT2D eigenvalue weighted by atomic mass is 16.5. The molecule has 2 fully saturated rings. The molecule has 6 heteroatoms. The van der Waals surface area contributed by atoms with Gasteiger partial charge in [-0.3, -0.25) is 14.4 Å². The number of hydrogen-bond donors (Lipinski definition) is 1. The fraction of sp³-hybridized carbons (Fsp3) is 0.438. The van der Waals surface area contributed by atoms with E-state index in [1.807, 2.05) is 0 Å². The van der Waals surface area contributed by atoms with Crippen LogP contribution in [-0.2, 0) is 14.4 Å². The Labute approximate surface area is 128 Å². The maximum atomic E-state index is 12.6. The Kier molecular flexibility index (Phi) is 3.94. The van der Waals surface area contributed by atoms with Crippen molar-refractivity contribution in [1.29, 1.82) is 0 Å². The van der Waals surface area contributed by atoms with Gasteiger partial charge < -0.3 is 9.64 Å². The third-order valence-electron chi connectivity index (χ3n) is 4.42. The van der Waals surface area contributed by atoms with Gasteiger partial charge in [-0.05, 0) is 24.3 Å². The molecule has 6 nitrogen and oxygen atoms in total. The number of hydrogen-bond acceptors (Lipinski definition) is 4. The Bertz CT molecular complexity index is 601. The van der Waals surface area contributed by atoms with E-state index >= 15 is 0 Å². The predicted molar refractivity (Wildman–Crippen MR) is 78.8 cm³/mol. The number of quaternary nitrogens is 1. The fourth-order valence-electron chi connectivity index (χ4n) is 3.15. The summed E-state index contributed by atoms with van der Waals surface area (Å²) in [6.07, 6.45) is 1.21. The lowest BCUT2D eigenvalue weighted by atomic mass is 10.1. The number of nitrogens with one attached hydrogen (secondary N) is 1. The topological polar surface area (TPSA) is 68.1 Å². The molecule has 2 saturated heterocycles. The van der Waals surface area contributed by atoms with Crippen molar-refractivity contribution < 1.29 is 24.0 Å². The standard InChI is InChI=1S/C16H18N2O4/c1-22-13-4-2-11(3-5-13)18-15(20)10-14(16(18)21)17-8-6-12(19)7-9-17/h2-5,14H,6-10H2,1H3/p+1/t14-/m1/s1. The molecule has 0 aromatic heterocycles. The average Bonchev–Trinajstić information content (AvgIpc) is 2.83. The Morgan fingerprint density at radius 1 is 1.09 bits per heavy atom. The molecule has 2 aliphatic rings. The highest BCUT2D eigenvalue weighted by molar-refractivity contribution is 6.21. The summed E-state index contributed by atoms with van der Waals surface area (Å²) in [5.74, 6) is 0.580. The van der Waals surface area contributed by atoms with E-state index in [1.165, 1.54) is 4.90 Å². The number of amides is 2. The number of carbonyl (C=O) groups excluding carboxylic acids is 3. The summed E-state index contributed by atoms with van der Waals surface area (Å²) in [6.45, 7) is 1.28. The van der Waals surface area contributed by atoms with Crippen molar-refractivity contribution in [2.75, 3.05) is 25.1 Å². The summed E-state index contributed by atoms with van der Waals surface area (Å²) >= 11 is 0. The predicted octanol–water partition coefficient (Wildman–Crippen LogP) is -0.425. The summed E-state index contributed by atoms with van der Waals surface area (Å²) in [5, 5.41) is 0. The fourth-order valence-corrected chi connectivity index (χ4v) is 3.15. The van der Waals surface area contributed by atoms with Crippen LogP contribution in [0.15, 0.2) is 24.3 Å². The van der Waals surface area contributed by atoms with Crippen molar-refractivity contribution in [2.24, 2.45) is 0 Å². The molecule has 22 heavy (non-hydrogen) atoms. The van der Waals surface area contributed by atoms with Gasteiger partial charge in [0.15, 0.2) is 6.04 Å². The first-order chi connectivity index (χ1) is 10.6. The SMILES string of the molecule is COc1ccc(N2C(=O)C[C@@H]([NH+]3CCC(=O)CC3)C2=O)cc1. The molecule has 0 aliphatic carbocycles. The molecule has 0 spiro atoms. The number of Topliss-reactive ketones (excluding diaryl/α,β-unsaturated/α-hetero) is 1. The normalized spacial score (nSPS) is 23.2. The summed E-state index contributed by atoms with van der Waals surface area (Å²) in [4.78, 5) is 38.5. The quantitative estimate of drug-likeness (QED) is 0.770. The third-order valence-corrected chi connectivity index (χ3v) is 4.42. The minimum Gasteiger partial charge on any atom is -0.497 e. The summed E-state index contributed by atoms with van der Waals surface area (Å²) in [5.41, 5.74) is 0.575. The molecule has 1 N–H and O–H groups in total. The van der Waals surface area contributed by atoms with Crippen LogP contribution in [0.2, 0.25) is 0 Å². The summed E-state index contributed by atoms with van der Waals surface area (Å²) in [7, 11) is 1.57. The molecule has 1 aromatic carbocycles. The van der Waals surface area contributed by atoms with Gasteiger partial charge in [-0.2, -0.15) is 0 Å². The van der Waals surface area contributed by atoms with Crippen molar-refractivity contribution in [3.8, 4) is 5.75 Å². The Morgan fingerprint density at radius 3 is 2.32 bits per heavy atom. The van der Waals surface area contributed by atoms with E-state index in [4.69, 9.17) is 4.74 Å². The van der Waals surface area contributed by atoms with Gasteiger partial charge in [0.2, 0.25) is 5.91 Å². The molecule has 3 rings (SSSR count). The molecular weight excluding hydrogens is 284 g/mol. The van der Waals surface area contributed by atoms with Crippen LogP contribution in [0.4, 0.5) is 5.69 Å². The van der Waals surface area contributed by atoms with E-state index < -0.39 is 0 Å². The Morgan fingerprint density at radius 2 is 1.73 bits per heavy atom. The van der Waals surface area contributed by atoms with Gasteiger partial charge in [0.05, 0.1) is 45.1 Å². The van der Waals surface area contributed by atoms with Crippen LogP contribution in [0, 0.1) is 0 Å². The second-order valence-electron chi connectivity index (χ2n) is 5.72. The molecule has 2 aliphatic heterocycles. The van der Waals surface area contributed by atoms with Crippen LogP contribution in [0.1, 0.15) is 19.3 Å². The zero-order valence-electron chi connectivity index (χ0n) is 12.5. The number of anilines is 1. The van der Waals surface area contributed by atoms with Crippen LogP contribution < -0.4 is 14.5 Å². The Balaban J connectivity index is 1.77.